The first-order valence-corrected chi connectivity index (χ1v) is 8.25. The van der Waals surface area contributed by atoms with Gasteiger partial charge in [-0.1, -0.05) is 6.07 Å². The van der Waals surface area contributed by atoms with Gasteiger partial charge in [0.2, 0.25) is 5.95 Å². The van der Waals surface area contributed by atoms with Gasteiger partial charge >= 0.3 is 0 Å². The van der Waals surface area contributed by atoms with Crippen LogP contribution >= 0.6 is 11.3 Å². The highest BCUT2D eigenvalue weighted by atomic mass is 32.1. The first-order valence-electron chi connectivity index (χ1n) is 7.37. The topological polar surface area (TPSA) is 70.6 Å². The molecule has 3 heterocycles. The number of nitrogens with zero attached hydrogens (tertiary/aromatic N) is 4. The molecule has 2 aromatic rings. The Hall–Kier alpha value is -2.19. The molecule has 1 aliphatic rings. The Labute approximate surface area is 138 Å². The number of carbonyl (C=O) groups excluding carboxylic acids is 1. The predicted molar refractivity (Wildman–Crippen MR) is 91.7 cm³/mol. The van der Waals surface area contributed by atoms with Crippen molar-refractivity contribution in [3.05, 3.63) is 28.6 Å². The average Bonchev–Trinajstić information content (AvgIpc) is 3.10. The van der Waals surface area contributed by atoms with E-state index in [4.69, 9.17) is 4.74 Å². The van der Waals surface area contributed by atoms with E-state index in [-0.39, 0.29) is 5.91 Å². The van der Waals surface area contributed by atoms with Crippen LogP contribution in [0.25, 0.3) is 0 Å². The van der Waals surface area contributed by atoms with Crippen molar-refractivity contribution in [3.8, 4) is 0 Å². The molecule has 23 heavy (non-hydrogen) atoms. The number of rotatable bonds is 4. The van der Waals surface area contributed by atoms with Crippen molar-refractivity contribution in [1.82, 2.24) is 9.97 Å². The van der Waals surface area contributed by atoms with Gasteiger partial charge in [0.15, 0.2) is 5.82 Å². The molecule has 122 valence electrons. The first-order chi connectivity index (χ1) is 11.1. The van der Waals surface area contributed by atoms with Crippen molar-refractivity contribution < 1.29 is 9.53 Å². The van der Waals surface area contributed by atoms with Crippen molar-refractivity contribution in [2.75, 3.05) is 55.5 Å². The van der Waals surface area contributed by atoms with E-state index in [1.807, 2.05) is 30.4 Å². The minimum Gasteiger partial charge on any atom is -0.378 e. The van der Waals surface area contributed by atoms with E-state index < -0.39 is 0 Å². The Bertz CT molecular complexity index is 669. The van der Waals surface area contributed by atoms with E-state index in [1.165, 1.54) is 11.3 Å². The van der Waals surface area contributed by atoms with E-state index in [9.17, 15) is 4.79 Å². The van der Waals surface area contributed by atoms with Crippen LogP contribution in [-0.2, 0) is 4.74 Å². The second-order valence-corrected chi connectivity index (χ2v) is 6.28. The van der Waals surface area contributed by atoms with Gasteiger partial charge in [-0.3, -0.25) is 4.79 Å². The Balaban J connectivity index is 1.83. The zero-order chi connectivity index (χ0) is 16.2. The van der Waals surface area contributed by atoms with Crippen LogP contribution in [-0.4, -0.2) is 56.3 Å². The number of carbonyl (C=O) groups is 1. The van der Waals surface area contributed by atoms with Gasteiger partial charge < -0.3 is 19.9 Å². The van der Waals surface area contributed by atoms with Crippen LogP contribution in [0.2, 0.25) is 0 Å². The second kappa shape index (κ2) is 6.93. The predicted octanol–water partition coefficient (Wildman–Crippen LogP) is 1.69. The normalized spacial score (nSPS) is 14.6. The molecule has 0 unspecified atom stereocenters. The summed E-state index contributed by atoms with van der Waals surface area (Å²) in [6, 6.07) is 3.64. The molecule has 0 aromatic carbocycles. The fourth-order valence-electron chi connectivity index (χ4n) is 2.30. The summed E-state index contributed by atoms with van der Waals surface area (Å²) >= 11 is 1.40. The summed E-state index contributed by atoms with van der Waals surface area (Å²) in [4.78, 5) is 25.9. The van der Waals surface area contributed by atoms with Gasteiger partial charge in [0.05, 0.1) is 24.3 Å². The Kier molecular flexibility index (Phi) is 4.73. The van der Waals surface area contributed by atoms with Gasteiger partial charge in [0.25, 0.3) is 5.91 Å². The molecule has 8 heteroatoms. The van der Waals surface area contributed by atoms with Gasteiger partial charge in [-0.05, 0) is 11.4 Å². The van der Waals surface area contributed by atoms with Crippen molar-refractivity contribution in [2.24, 2.45) is 0 Å². The van der Waals surface area contributed by atoms with Crippen LogP contribution in [0.5, 0.6) is 0 Å². The van der Waals surface area contributed by atoms with Gasteiger partial charge in [0, 0.05) is 27.2 Å². The van der Waals surface area contributed by atoms with E-state index >= 15 is 0 Å². The molecule has 1 saturated heterocycles. The Morgan fingerprint density at radius 1 is 1.39 bits per heavy atom. The molecule has 0 spiro atoms. The fraction of sp³-hybridized carbons (Fsp3) is 0.400. The molecular formula is C15H19N5O2S. The highest BCUT2D eigenvalue weighted by molar-refractivity contribution is 7.12. The number of ether oxygens (including phenoxy) is 1. The lowest BCUT2D eigenvalue weighted by atomic mass is 10.4. The lowest BCUT2D eigenvalue weighted by molar-refractivity contribution is 0.103. The second-order valence-electron chi connectivity index (χ2n) is 5.33. The smallest absolute Gasteiger partial charge is 0.265 e. The van der Waals surface area contributed by atoms with Crippen molar-refractivity contribution in [1.29, 1.82) is 0 Å². The minimum absolute atomic E-state index is 0.147. The zero-order valence-corrected chi connectivity index (χ0v) is 14.0. The molecule has 0 radical (unpaired) electrons. The molecule has 1 amide bonds. The third kappa shape index (κ3) is 3.59. The number of amides is 1. The number of hydrogen-bond acceptors (Lipinski definition) is 7. The summed E-state index contributed by atoms with van der Waals surface area (Å²) in [6.45, 7) is 2.90. The summed E-state index contributed by atoms with van der Waals surface area (Å²) in [5.41, 5.74) is 0.602. The van der Waals surface area contributed by atoms with Crippen LogP contribution in [0.15, 0.2) is 23.7 Å². The van der Waals surface area contributed by atoms with Crippen molar-refractivity contribution in [3.63, 3.8) is 0 Å². The fourth-order valence-corrected chi connectivity index (χ4v) is 2.92. The third-order valence-electron chi connectivity index (χ3n) is 3.47. The van der Waals surface area contributed by atoms with Crippen LogP contribution in [0.1, 0.15) is 9.67 Å². The maximum atomic E-state index is 12.2. The summed E-state index contributed by atoms with van der Waals surface area (Å²) in [5.74, 6) is 1.20. The summed E-state index contributed by atoms with van der Waals surface area (Å²) < 4.78 is 5.35. The first kappa shape index (κ1) is 15.7. The molecule has 2 aromatic heterocycles. The molecule has 0 atom stereocenters. The van der Waals surface area contributed by atoms with E-state index in [1.54, 1.807) is 12.3 Å². The maximum Gasteiger partial charge on any atom is 0.265 e. The quantitative estimate of drug-likeness (QED) is 0.918. The Morgan fingerprint density at radius 2 is 2.17 bits per heavy atom. The molecule has 0 bridgehead atoms. The van der Waals surface area contributed by atoms with Gasteiger partial charge in [-0.25, -0.2) is 4.98 Å². The zero-order valence-electron chi connectivity index (χ0n) is 13.2. The number of aromatic nitrogens is 2. The largest absolute Gasteiger partial charge is 0.378 e. The number of hydrogen-bond donors (Lipinski definition) is 1. The lowest BCUT2D eigenvalue weighted by Crippen LogP contribution is -2.37. The summed E-state index contributed by atoms with van der Waals surface area (Å²) in [5, 5.41) is 4.76. The maximum absolute atomic E-state index is 12.2. The molecule has 0 aliphatic carbocycles. The molecule has 3 rings (SSSR count). The van der Waals surface area contributed by atoms with E-state index in [0.717, 1.165) is 13.1 Å². The van der Waals surface area contributed by atoms with E-state index in [2.05, 4.69) is 20.2 Å². The van der Waals surface area contributed by atoms with Crippen LogP contribution in [0, 0.1) is 0 Å². The average molecular weight is 333 g/mol. The Morgan fingerprint density at radius 3 is 2.83 bits per heavy atom. The molecule has 1 N–H and O–H groups in total. The third-order valence-corrected chi connectivity index (χ3v) is 4.34. The molecule has 7 nitrogen and oxygen atoms in total. The SMILES string of the molecule is CN(C)c1nc(N2CCOCC2)ncc1NC(=O)c1cccs1. The molecule has 1 aliphatic heterocycles. The molecular weight excluding hydrogens is 314 g/mol. The lowest BCUT2D eigenvalue weighted by Gasteiger charge is -2.28. The van der Waals surface area contributed by atoms with Gasteiger partial charge in [-0.15, -0.1) is 11.3 Å². The molecule has 1 fully saturated rings. The van der Waals surface area contributed by atoms with Gasteiger partial charge in [-0.2, -0.15) is 4.98 Å². The summed E-state index contributed by atoms with van der Waals surface area (Å²) in [7, 11) is 3.79. The van der Waals surface area contributed by atoms with E-state index in [0.29, 0.717) is 35.5 Å². The number of anilines is 3. The van der Waals surface area contributed by atoms with Crippen LogP contribution in [0.3, 0.4) is 0 Å². The van der Waals surface area contributed by atoms with Crippen LogP contribution < -0.4 is 15.1 Å². The van der Waals surface area contributed by atoms with Crippen molar-refractivity contribution in [2.45, 2.75) is 0 Å². The van der Waals surface area contributed by atoms with Crippen LogP contribution in [0.4, 0.5) is 17.5 Å². The monoisotopic (exact) mass is 333 g/mol. The summed E-state index contributed by atoms with van der Waals surface area (Å²) in [6.07, 6.45) is 1.67. The highest BCUT2D eigenvalue weighted by Crippen LogP contribution is 2.25. The highest BCUT2D eigenvalue weighted by Gasteiger charge is 2.18. The standard InChI is InChI=1S/C15H19N5O2S/c1-19(2)13-11(17-14(21)12-4-3-9-23-12)10-16-15(18-13)20-5-7-22-8-6-20/h3-4,9-10H,5-8H2,1-2H3,(H,17,21). The number of thiophene rings is 1. The van der Waals surface area contributed by atoms with Gasteiger partial charge in [0.1, 0.15) is 5.69 Å². The van der Waals surface area contributed by atoms with Crippen molar-refractivity contribution >= 4 is 34.7 Å². The number of nitrogens with one attached hydrogen (secondary N) is 1. The number of morpholine rings is 1. The molecule has 0 saturated carbocycles. The minimum atomic E-state index is -0.147.